The Bertz CT molecular complexity index is 396. The van der Waals surface area contributed by atoms with Crippen LogP contribution in [0.3, 0.4) is 0 Å². The lowest BCUT2D eigenvalue weighted by Crippen LogP contribution is -2.24. The van der Waals surface area contributed by atoms with E-state index in [0.29, 0.717) is 6.42 Å². The molecular weight excluding hydrogens is 180 g/mol. The third-order valence-electron chi connectivity index (χ3n) is 2.44. The minimum absolute atomic E-state index is 0.479. The molecule has 0 saturated carbocycles. The van der Waals surface area contributed by atoms with Crippen molar-refractivity contribution in [3.63, 3.8) is 0 Å². The highest BCUT2D eigenvalue weighted by molar-refractivity contribution is 5.75. The summed E-state index contributed by atoms with van der Waals surface area (Å²) in [5.74, 6) is -0.138. The fourth-order valence-corrected chi connectivity index (χ4v) is 1.88. The molecule has 0 saturated heterocycles. The molecule has 0 spiro atoms. The average Bonchev–Trinajstić information content (AvgIpc) is 2.47. The number of benzene rings is 1. The zero-order chi connectivity index (χ0) is 10.3. The van der Waals surface area contributed by atoms with Crippen molar-refractivity contribution >= 4 is 5.97 Å². The number of ether oxygens (including phenoxy) is 1. The van der Waals surface area contributed by atoms with Gasteiger partial charge in [0.15, 0.2) is 6.10 Å². The lowest BCUT2D eigenvalue weighted by molar-refractivity contribution is -0.144. The molecule has 0 bridgehead atoms. The first kappa shape index (κ1) is 9.06. The third kappa shape index (κ3) is 1.35. The molecule has 0 radical (unpaired) electrons. The molecule has 1 aromatic carbocycles. The molecule has 2 rings (SSSR count). The number of carboxylic acid groups (broad SMARTS) is 1. The van der Waals surface area contributed by atoms with Gasteiger partial charge < -0.3 is 9.84 Å². The fourth-order valence-electron chi connectivity index (χ4n) is 1.88. The molecule has 3 heteroatoms. The van der Waals surface area contributed by atoms with Crippen LogP contribution in [0.15, 0.2) is 12.1 Å². The second-order valence-electron chi connectivity index (χ2n) is 3.72. The van der Waals surface area contributed by atoms with Gasteiger partial charge in [0, 0.05) is 6.42 Å². The molecular formula is C11H12O3. The average molecular weight is 192 g/mol. The van der Waals surface area contributed by atoms with Crippen LogP contribution in [0, 0.1) is 13.8 Å². The van der Waals surface area contributed by atoms with Crippen LogP contribution < -0.4 is 4.74 Å². The summed E-state index contributed by atoms with van der Waals surface area (Å²) in [7, 11) is 0. The SMILES string of the molecule is Cc1cc(C)c2c(c1)C[C@H](C(=O)O)O2. The Morgan fingerprint density at radius 1 is 1.50 bits per heavy atom. The number of aryl methyl sites for hydroxylation is 2. The first-order valence-electron chi connectivity index (χ1n) is 4.57. The second kappa shape index (κ2) is 3.01. The van der Waals surface area contributed by atoms with E-state index in [1.54, 1.807) is 0 Å². The van der Waals surface area contributed by atoms with Gasteiger partial charge in [-0.15, -0.1) is 0 Å². The van der Waals surface area contributed by atoms with Crippen LogP contribution >= 0.6 is 0 Å². The molecule has 1 atom stereocenters. The van der Waals surface area contributed by atoms with Crippen molar-refractivity contribution in [1.82, 2.24) is 0 Å². The van der Waals surface area contributed by atoms with Gasteiger partial charge in [-0.25, -0.2) is 4.79 Å². The maximum Gasteiger partial charge on any atom is 0.345 e. The maximum atomic E-state index is 10.7. The summed E-state index contributed by atoms with van der Waals surface area (Å²) in [5.41, 5.74) is 3.18. The molecule has 14 heavy (non-hydrogen) atoms. The van der Waals surface area contributed by atoms with Gasteiger partial charge in [0.05, 0.1) is 0 Å². The minimum atomic E-state index is -0.891. The lowest BCUT2D eigenvalue weighted by Gasteiger charge is -2.06. The molecule has 0 unspecified atom stereocenters. The molecule has 1 aromatic rings. The molecule has 0 fully saturated rings. The first-order chi connectivity index (χ1) is 6.58. The molecule has 1 aliphatic rings. The number of aliphatic carboxylic acids is 1. The van der Waals surface area contributed by atoms with Gasteiger partial charge in [-0.05, 0) is 25.0 Å². The van der Waals surface area contributed by atoms with E-state index in [0.717, 1.165) is 22.4 Å². The Morgan fingerprint density at radius 2 is 2.21 bits per heavy atom. The zero-order valence-corrected chi connectivity index (χ0v) is 8.20. The number of rotatable bonds is 1. The Kier molecular flexibility index (Phi) is 1.95. The van der Waals surface area contributed by atoms with Gasteiger partial charge in [-0.1, -0.05) is 17.7 Å². The van der Waals surface area contributed by atoms with Crippen molar-refractivity contribution in [3.05, 3.63) is 28.8 Å². The van der Waals surface area contributed by atoms with Gasteiger partial charge in [-0.3, -0.25) is 0 Å². The summed E-state index contributed by atoms with van der Waals surface area (Å²) in [6.45, 7) is 3.94. The van der Waals surface area contributed by atoms with Gasteiger partial charge in [0.1, 0.15) is 5.75 Å². The monoisotopic (exact) mass is 192 g/mol. The zero-order valence-electron chi connectivity index (χ0n) is 8.20. The quantitative estimate of drug-likeness (QED) is 0.736. The highest BCUT2D eigenvalue weighted by atomic mass is 16.5. The standard InChI is InChI=1S/C11H12O3/c1-6-3-7(2)10-8(4-6)5-9(14-10)11(12)13/h3-4,9H,5H2,1-2H3,(H,12,13)/t9-/m1/s1. The van der Waals surface area contributed by atoms with Crippen molar-refractivity contribution in [2.75, 3.05) is 0 Å². The van der Waals surface area contributed by atoms with E-state index in [9.17, 15) is 4.79 Å². The number of carbonyl (C=O) groups is 1. The van der Waals surface area contributed by atoms with E-state index >= 15 is 0 Å². The summed E-state index contributed by atoms with van der Waals surface area (Å²) >= 11 is 0. The Labute approximate surface area is 82.3 Å². The summed E-state index contributed by atoms with van der Waals surface area (Å²) in [6, 6.07) is 3.99. The molecule has 74 valence electrons. The van der Waals surface area contributed by atoms with Crippen LogP contribution in [0.25, 0.3) is 0 Å². The van der Waals surface area contributed by atoms with Gasteiger partial charge >= 0.3 is 5.97 Å². The van der Waals surface area contributed by atoms with Crippen molar-refractivity contribution < 1.29 is 14.6 Å². The highest BCUT2D eigenvalue weighted by Crippen LogP contribution is 2.33. The van der Waals surface area contributed by atoms with E-state index in [1.807, 2.05) is 26.0 Å². The molecule has 1 N–H and O–H groups in total. The highest BCUT2D eigenvalue weighted by Gasteiger charge is 2.29. The minimum Gasteiger partial charge on any atom is -0.478 e. The molecule has 0 amide bonds. The van der Waals surface area contributed by atoms with Gasteiger partial charge in [0.25, 0.3) is 0 Å². The summed E-state index contributed by atoms with van der Waals surface area (Å²) in [4.78, 5) is 10.7. The smallest absolute Gasteiger partial charge is 0.345 e. The van der Waals surface area contributed by atoms with Crippen molar-refractivity contribution in [1.29, 1.82) is 0 Å². The van der Waals surface area contributed by atoms with E-state index in [1.165, 1.54) is 0 Å². The Morgan fingerprint density at radius 3 is 2.86 bits per heavy atom. The van der Waals surface area contributed by atoms with E-state index in [2.05, 4.69) is 0 Å². The first-order valence-corrected chi connectivity index (χ1v) is 4.57. The predicted octanol–water partition coefficient (Wildman–Crippen LogP) is 1.69. The van der Waals surface area contributed by atoms with Crippen LogP contribution in [0.5, 0.6) is 5.75 Å². The Hall–Kier alpha value is -1.51. The maximum absolute atomic E-state index is 10.7. The number of hydrogen-bond acceptors (Lipinski definition) is 2. The van der Waals surface area contributed by atoms with E-state index in [-0.39, 0.29) is 0 Å². The summed E-state index contributed by atoms with van der Waals surface area (Å²) < 4.78 is 5.35. The fraction of sp³-hybridized carbons (Fsp3) is 0.364. The van der Waals surface area contributed by atoms with Crippen LogP contribution in [-0.2, 0) is 11.2 Å². The van der Waals surface area contributed by atoms with Crippen LogP contribution in [0.2, 0.25) is 0 Å². The van der Waals surface area contributed by atoms with Gasteiger partial charge in [0.2, 0.25) is 0 Å². The molecule has 1 heterocycles. The topological polar surface area (TPSA) is 46.5 Å². The third-order valence-corrected chi connectivity index (χ3v) is 2.44. The molecule has 1 aliphatic heterocycles. The largest absolute Gasteiger partial charge is 0.478 e. The number of carboxylic acids is 1. The summed E-state index contributed by atoms with van der Waals surface area (Å²) in [6.07, 6.45) is -0.224. The summed E-state index contributed by atoms with van der Waals surface area (Å²) in [5, 5.41) is 8.82. The second-order valence-corrected chi connectivity index (χ2v) is 3.72. The number of fused-ring (bicyclic) bond motifs is 1. The van der Waals surface area contributed by atoms with Crippen LogP contribution in [0.1, 0.15) is 16.7 Å². The Balaban J connectivity index is 2.39. The lowest BCUT2D eigenvalue weighted by atomic mass is 10.0. The molecule has 0 aliphatic carbocycles. The van der Waals surface area contributed by atoms with E-state index < -0.39 is 12.1 Å². The normalized spacial score (nSPS) is 18.9. The van der Waals surface area contributed by atoms with Crippen LogP contribution in [-0.4, -0.2) is 17.2 Å². The molecule has 3 nitrogen and oxygen atoms in total. The van der Waals surface area contributed by atoms with Crippen molar-refractivity contribution in [3.8, 4) is 5.75 Å². The van der Waals surface area contributed by atoms with Crippen molar-refractivity contribution in [2.45, 2.75) is 26.4 Å². The predicted molar refractivity (Wildman–Crippen MR) is 51.7 cm³/mol. The van der Waals surface area contributed by atoms with E-state index in [4.69, 9.17) is 9.84 Å². The van der Waals surface area contributed by atoms with Crippen LogP contribution in [0.4, 0.5) is 0 Å². The van der Waals surface area contributed by atoms with Gasteiger partial charge in [-0.2, -0.15) is 0 Å². The van der Waals surface area contributed by atoms with Crippen molar-refractivity contribution in [2.24, 2.45) is 0 Å². The number of hydrogen-bond donors (Lipinski definition) is 1. The molecule has 0 aromatic heterocycles.